The Morgan fingerprint density at radius 3 is 2.58 bits per heavy atom. The molecule has 0 aromatic carbocycles. The maximum Gasteiger partial charge on any atom is 0.191 e. The van der Waals surface area contributed by atoms with Crippen molar-refractivity contribution in [1.29, 1.82) is 0 Å². The molecular formula is C17H33IN6. The van der Waals surface area contributed by atoms with Crippen molar-refractivity contribution >= 4 is 29.9 Å². The molecule has 24 heavy (non-hydrogen) atoms. The van der Waals surface area contributed by atoms with Gasteiger partial charge in [0.05, 0.1) is 5.69 Å². The Labute approximate surface area is 163 Å². The molecule has 2 atom stereocenters. The van der Waals surface area contributed by atoms with E-state index in [0.29, 0.717) is 12.1 Å². The van der Waals surface area contributed by atoms with Gasteiger partial charge in [0.2, 0.25) is 0 Å². The molecule has 138 valence electrons. The van der Waals surface area contributed by atoms with Crippen LogP contribution in [0.2, 0.25) is 0 Å². The highest BCUT2D eigenvalue weighted by Crippen LogP contribution is 2.15. The van der Waals surface area contributed by atoms with E-state index < -0.39 is 0 Å². The molecule has 1 fully saturated rings. The van der Waals surface area contributed by atoms with Crippen LogP contribution < -0.4 is 10.6 Å². The molecule has 0 bridgehead atoms. The second kappa shape index (κ2) is 9.60. The molecule has 7 heteroatoms. The first-order chi connectivity index (χ1) is 10.9. The van der Waals surface area contributed by atoms with Gasteiger partial charge in [-0.3, -0.25) is 9.67 Å². The fraction of sp³-hybridized carbons (Fsp3) is 0.765. The van der Waals surface area contributed by atoms with Gasteiger partial charge in [-0.05, 0) is 59.2 Å². The number of aromatic nitrogens is 2. The van der Waals surface area contributed by atoms with E-state index in [0.717, 1.165) is 24.6 Å². The van der Waals surface area contributed by atoms with Crippen LogP contribution >= 0.6 is 24.0 Å². The summed E-state index contributed by atoms with van der Waals surface area (Å²) in [5.74, 6) is 0.886. The zero-order valence-corrected chi connectivity index (χ0v) is 18.2. The van der Waals surface area contributed by atoms with E-state index in [1.165, 1.54) is 30.6 Å². The second-order valence-electron chi connectivity index (χ2n) is 6.75. The Bertz CT molecular complexity index is 554. The number of likely N-dealkylation sites (tertiary alicyclic amines) is 1. The number of aliphatic imine (C=N–C) groups is 1. The molecule has 0 amide bonds. The summed E-state index contributed by atoms with van der Waals surface area (Å²) in [7, 11) is 6.04. The summed E-state index contributed by atoms with van der Waals surface area (Å²) in [6.45, 7) is 8.56. The van der Waals surface area contributed by atoms with Crippen molar-refractivity contribution in [2.24, 2.45) is 12.0 Å². The lowest BCUT2D eigenvalue weighted by molar-refractivity contribution is 0.309. The fourth-order valence-electron chi connectivity index (χ4n) is 3.35. The molecule has 1 aliphatic heterocycles. The summed E-state index contributed by atoms with van der Waals surface area (Å²) in [5.41, 5.74) is 3.69. The molecule has 6 nitrogen and oxygen atoms in total. The van der Waals surface area contributed by atoms with Crippen LogP contribution in [0.25, 0.3) is 0 Å². The van der Waals surface area contributed by atoms with Crippen LogP contribution in [0.1, 0.15) is 36.7 Å². The highest BCUT2D eigenvalue weighted by Gasteiger charge is 2.21. The minimum Gasteiger partial charge on any atom is -0.355 e. The third-order valence-corrected chi connectivity index (χ3v) is 4.95. The van der Waals surface area contributed by atoms with Gasteiger partial charge in [-0.2, -0.15) is 5.10 Å². The molecule has 2 unspecified atom stereocenters. The summed E-state index contributed by atoms with van der Waals surface area (Å²) in [6.07, 6.45) is 3.52. The van der Waals surface area contributed by atoms with Crippen LogP contribution in [0.3, 0.4) is 0 Å². The van der Waals surface area contributed by atoms with E-state index in [4.69, 9.17) is 0 Å². The Kier molecular flexibility index (Phi) is 8.49. The lowest BCUT2D eigenvalue weighted by Crippen LogP contribution is -2.47. The largest absolute Gasteiger partial charge is 0.355 e. The predicted molar refractivity (Wildman–Crippen MR) is 111 cm³/mol. The molecule has 0 radical (unpaired) electrons. The van der Waals surface area contributed by atoms with Crippen LogP contribution in [-0.2, 0) is 13.5 Å². The zero-order chi connectivity index (χ0) is 17.0. The lowest BCUT2D eigenvalue weighted by Gasteiger charge is -2.23. The minimum absolute atomic E-state index is 0. The maximum absolute atomic E-state index is 4.50. The molecule has 1 aromatic heterocycles. The average molecular weight is 448 g/mol. The van der Waals surface area contributed by atoms with E-state index in [2.05, 4.69) is 53.4 Å². The first-order valence-corrected chi connectivity index (χ1v) is 8.58. The quantitative estimate of drug-likeness (QED) is 0.410. The number of rotatable bonds is 5. The Morgan fingerprint density at radius 1 is 1.38 bits per heavy atom. The zero-order valence-electron chi connectivity index (χ0n) is 15.9. The van der Waals surface area contributed by atoms with Gasteiger partial charge in [0.15, 0.2) is 5.96 Å². The monoisotopic (exact) mass is 448 g/mol. The third-order valence-electron chi connectivity index (χ3n) is 4.95. The Hall–Kier alpha value is -0.830. The molecule has 0 saturated carbocycles. The van der Waals surface area contributed by atoms with Crippen molar-refractivity contribution < 1.29 is 0 Å². The van der Waals surface area contributed by atoms with Crippen molar-refractivity contribution in [2.75, 3.05) is 27.2 Å². The first kappa shape index (κ1) is 21.2. The number of aryl methyl sites for hydroxylation is 2. The molecule has 1 aromatic rings. The number of hydrogen-bond acceptors (Lipinski definition) is 3. The molecule has 1 saturated heterocycles. The lowest BCUT2D eigenvalue weighted by atomic mass is 10.1. The highest BCUT2D eigenvalue weighted by atomic mass is 127. The average Bonchev–Trinajstić information content (AvgIpc) is 3.02. The van der Waals surface area contributed by atoms with Gasteiger partial charge in [0, 0.05) is 38.4 Å². The number of halogens is 1. The standard InChI is InChI=1S/C17H32N6.HI/c1-12(10-16-13(2)21-23(6)14(16)3)20-17(18-4)19-11-15-8-7-9-22(15)5;/h12,15H,7-11H2,1-6H3,(H2,18,19,20);1H. The molecule has 0 spiro atoms. The van der Waals surface area contributed by atoms with Gasteiger partial charge in [0.25, 0.3) is 0 Å². The fourth-order valence-corrected chi connectivity index (χ4v) is 3.35. The SMILES string of the molecule is CN=C(NCC1CCCN1C)NC(C)Cc1c(C)nn(C)c1C.I. The van der Waals surface area contributed by atoms with Gasteiger partial charge in [-0.15, -0.1) is 24.0 Å². The number of hydrogen-bond donors (Lipinski definition) is 2. The van der Waals surface area contributed by atoms with E-state index in [1.54, 1.807) is 0 Å². The second-order valence-corrected chi connectivity index (χ2v) is 6.75. The number of nitrogens with one attached hydrogen (secondary N) is 2. The number of likely N-dealkylation sites (N-methyl/N-ethyl adjacent to an activating group) is 1. The van der Waals surface area contributed by atoms with Gasteiger partial charge < -0.3 is 15.5 Å². The normalized spacial score (nSPS) is 19.9. The minimum atomic E-state index is 0. The van der Waals surface area contributed by atoms with Crippen LogP contribution in [0, 0.1) is 13.8 Å². The van der Waals surface area contributed by atoms with Crippen LogP contribution in [0.15, 0.2) is 4.99 Å². The van der Waals surface area contributed by atoms with Crippen molar-refractivity contribution in [3.8, 4) is 0 Å². The summed E-state index contributed by atoms with van der Waals surface area (Å²) >= 11 is 0. The number of nitrogens with zero attached hydrogens (tertiary/aromatic N) is 4. The summed E-state index contributed by atoms with van der Waals surface area (Å²) in [4.78, 5) is 6.78. The molecule has 2 N–H and O–H groups in total. The van der Waals surface area contributed by atoms with E-state index in [1.807, 2.05) is 18.8 Å². The molecule has 2 heterocycles. The van der Waals surface area contributed by atoms with E-state index >= 15 is 0 Å². The van der Waals surface area contributed by atoms with E-state index in [9.17, 15) is 0 Å². The summed E-state index contributed by atoms with van der Waals surface area (Å²) in [6, 6.07) is 0.927. The molecular weight excluding hydrogens is 415 g/mol. The highest BCUT2D eigenvalue weighted by molar-refractivity contribution is 14.0. The molecule has 1 aliphatic rings. The Balaban J connectivity index is 0.00000288. The molecule has 2 rings (SSSR count). The summed E-state index contributed by atoms with van der Waals surface area (Å²) < 4.78 is 1.96. The van der Waals surface area contributed by atoms with Gasteiger partial charge in [-0.25, -0.2) is 0 Å². The van der Waals surface area contributed by atoms with Crippen molar-refractivity contribution in [3.63, 3.8) is 0 Å². The van der Waals surface area contributed by atoms with Gasteiger partial charge in [0.1, 0.15) is 0 Å². The van der Waals surface area contributed by atoms with Crippen LogP contribution in [0.5, 0.6) is 0 Å². The van der Waals surface area contributed by atoms with Crippen LogP contribution in [0.4, 0.5) is 0 Å². The van der Waals surface area contributed by atoms with Crippen molar-refractivity contribution in [3.05, 3.63) is 17.0 Å². The smallest absolute Gasteiger partial charge is 0.191 e. The van der Waals surface area contributed by atoms with E-state index in [-0.39, 0.29) is 24.0 Å². The predicted octanol–water partition coefficient (Wildman–Crippen LogP) is 1.85. The topological polar surface area (TPSA) is 57.5 Å². The van der Waals surface area contributed by atoms with Crippen molar-refractivity contribution in [1.82, 2.24) is 25.3 Å². The first-order valence-electron chi connectivity index (χ1n) is 8.58. The number of guanidine groups is 1. The summed E-state index contributed by atoms with van der Waals surface area (Å²) in [5, 5.41) is 11.5. The van der Waals surface area contributed by atoms with Crippen LogP contribution in [-0.4, -0.2) is 59.9 Å². The third kappa shape index (κ3) is 5.34. The van der Waals surface area contributed by atoms with Gasteiger partial charge >= 0.3 is 0 Å². The maximum atomic E-state index is 4.50. The molecule has 0 aliphatic carbocycles. The van der Waals surface area contributed by atoms with Gasteiger partial charge in [-0.1, -0.05) is 0 Å². The van der Waals surface area contributed by atoms with Crippen molar-refractivity contribution in [2.45, 2.75) is 52.1 Å². The Morgan fingerprint density at radius 2 is 2.08 bits per heavy atom.